The van der Waals surface area contributed by atoms with Crippen molar-refractivity contribution in [3.63, 3.8) is 0 Å². The van der Waals surface area contributed by atoms with Crippen LogP contribution >= 0.6 is 0 Å². The second-order valence-electron chi connectivity index (χ2n) is 5.91. The van der Waals surface area contributed by atoms with Gasteiger partial charge in [-0.3, -0.25) is 13.9 Å². The summed E-state index contributed by atoms with van der Waals surface area (Å²) in [6.45, 7) is 8.20. The molecular weight excluding hydrogens is 264 g/mol. The van der Waals surface area contributed by atoms with E-state index in [1.165, 1.54) is 10.1 Å². The van der Waals surface area contributed by atoms with Crippen molar-refractivity contribution in [1.29, 1.82) is 0 Å². The zero-order valence-corrected chi connectivity index (χ0v) is 13.0. The van der Waals surface area contributed by atoms with Crippen molar-refractivity contribution in [2.45, 2.75) is 46.2 Å². The Kier molecular flexibility index (Phi) is 4.46. The lowest BCUT2D eigenvalue weighted by Gasteiger charge is -2.07. The fraction of sp³-hybridized carbons (Fsp3) is 0.412. The predicted octanol–water partition coefficient (Wildman–Crippen LogP) is 3.24. The van der Waals surface area contributed by atoms with Gasteiger partial charge in [0.15, 0.2) is 5.78 Å². The van der Waals surface area contributed by atoms with Gasteiger partial charge >= 0.3 is 5.69 Å². The first-order chi connectivity index (χ1) is 9.90. The Morgan fingerprint density at radius 2 is 1.67 bits per heavy atom. The van der Waals surface area contributed by atoms with Crippen molar-refractivity contribution < 1.29 is 4.79 Å². The Morgan fingerprint density at radius 1 is 1.05 bits per heavy atom. The van der Waals surface area contributed by atoms with E-state index in [9.17, 15) is 9.59 Å². The molecule has 0 aliphatic rings. The third kappa shape index (κ3) is 3.32. The van der Waals surface area contributed by atoms with Crippen molar-refractivity contribution in [2.75, 3.05) is 0 Å². The van der Waals surface area contributed by atoms with Crippen LogP contribution in [0.1, 0.15) is 55.6 Å². The molecule has 1 aromatic carbocycles. The molecule has 0 saturated heterocycles. The summed E-state index contributed by atoms with van der Waals surface area (Å²) in [7, 11) is 0. The summed E-state index contributed by atoms with van der Waals surface area (Å²) in [6.07, 6.45) is 3.39. The minimum atomic E-state index is -0.142. The van der Waals surface area contributed by atoms with E-state index >= 15 is 0 Å². The van der Waals surface area contributed by atoms with Gasteiger partial charge in [-0.1, -0.05) is 38.1 Å². The molecule has 1 aromatic heterocycles. The van der Waals surface area contributed by atoms with Crippen LogP contribution in [0.4, 0.5) is 0 Å². The fourth-order valence-corrected chi connectivity index (χ4v) is 2.24. The second-order valence-corrected chi connectivity index (χ2v) is 5.91. The summed E-state index contributed by atoms with van der Waals surface area (Å²) < 4.78 is 3.08. The molecule has 0 fully saturated rings. The second kappa shape index (κ2) is 6.12. The number of carbonyl (C=O) groups excluding carboxylic acids is 1. The number of aromatic nitrogens is 2. The van der Waals surface area contributed by atoms with E-state index in [-0.39, 0.29) is 24.1 Å². The summed E-state index contributed by atoms with van der Waals surface area (Å²) in [6, 6.07) is 7.71. The van der Waals surface area contributed by atoms with Gasteiger partial charge in [-0.15, -0.1) is 0 Å². The van der Waals surface area contributed by atoms with Gasteiger partial charge in [0.05, 0.1) is 6.54 Å². The molecule has 0 radical (unpaired) electrons. The summed E-state index contributed by atoms with van der Waals surface area (Å²) in [5, 5.41) is 0. The molecule has 4 heteroatoms. The largest absolute Gasteiger partial charge is 0.328 e. The lowest BCUT2D eigenvalue weighted by Crippen LogP contribution is -2.27. The summed E-state index contributed by atoms with van der Waals surface area (Å²) in [4.78, 5) is 24.4. The van der Waals surface area contributed by atoms with Crippen molar-refractivity contribution in [1.82, 2.24) is 9.13 Å². The van der Waals surface area contributed by atoms with Crippen LogP contribution in [0.25, 0.3) is 0 Å². The van der Waals surface area contributed by atoms with E-state index in [1.807, 2.05) is 38.1 Å². The SMILES string of the molecule is CC(C)c1ccc(C(=O)Cn2ccn(C(C)C)c2=O)cc1. The highest BCUT2D eigenvalue weighted by Crippen LogP contribution is 2.15. The molecule has 2 aromatic rings. The van der Waals surface area contributed by atoms with E-state index in [2.05, 4.69) is 13.8 Å². The van der Waals surface area contributed by atoms with Crippen molar-refractivity contribution in [2.24, 2.45) is 0 Å². The van der Waals surface area contributed by atoms with Crippen LogP contribution in [-0.2, 0) is 6.54 Å². The van der Waals surface area contributed by atoms with Crippen LogP contribution in [0, 0.1) is 0 Å². The lowest BCUT2D eigenvalue weighted by molar-refractivity contribution is 0.0970. The van der Waals surface area contributed by atoms with Crippen molar-refractivity contribution >= 4 is 5.78 Å². The Morgan fingerprint density at radius 3 is 2.14 bits per heavy atom. The predicted molar refractivity (Wildman–Crippen MR) is 83.9 cm³/mol. The average Bonchev–Trinajstić information content (AvgIpc) is 2.80. The molecule has 0 N–H and O–H groups in total. The summed E-state index contributed by atoms with van der Waals surface area (Å²) in [5.74, 6) is 0.394. The number of imidazole rings is 1. The third-order valence-corrected chi connectivity index (χ3v) is 3.64. The number of ketones is 1. The zero-order chi connectivity index (χ0) is 15.6. The molecular formula is C17H22N2O2. The first kappa shape index (κ1) is 15.3. The van der Waals surface area contributed by atoms with Crippen LogP contribution in [-0.4, -0.2) is 14.9 Å². The van der Waals surface area contributed by atoms with Gasteiger partial charge < -0.3 is 0 Å². The standard InChI is InChI=1S/C17H22N2O2/c1-12(2)14-5-7-15(8-6-14)16(20)11-18-9-10-19(13(3)4)17(18)21/h5-10,12-13H,11H2,1-4H3. The van der Waals surface area contributed by atoms with Crippen molar-refractivity contribution in [3.05, 3.63) is 58.3 Å². The first-order valence-corrected chi connectivity index (χ1v) is 7.30. The van der Waals surface area contributed by atoms with Gasteiger partial charge in [0.25, 0.3) is 0 Å². The van der Waals surface area contributed by atoms with E-state index < -0.39 is 0 Å². The van der Waals surface area contributed by atoms with E-state index in [4.69, 9.17) is 0 Å². The number of hydrogen-bond donors (Lipinski definition) is 0. The van der Waals surface area contributed by atoms with Crippen LogP contribution in [0.3, 0.4) is 0 Å². The summed E-state index contributed by atoms with van der Waals surface area (Å²) in [5.41, 5.74) is 1.70. The molecule has 0 spiro atoms. The maximum Gasteiger partial charge on any atom is 0.328 e. The lowest BCUT2D eigenvalue weighted by atomic mass is 10.0. The Bertz CT molecular complexity index is 676. The number of Topliss-reactive ketones (excluding diaryl/α,β-unsaturated/α-hetero) is 1. The van der Waals surface area contributed by atoms with Gasteiger partial charge in [-0.25, -0.2) is 4.79 Å². The van der Waals surface area contributed by atoms with Gasteiger partial charge in [-0.05, 0) is 25.3 Å². The average molecular weight is 286 g/mol. The van der Waals surface area contributed by atoms with Crippen LogP contribution in [0.15, 0.2) is 41.5 Å². The Hall–Kier alpha value is -2.10. The molecule has 0 atom stereocenters. The Balaban J connectivity index is 2.16. The molecule has 4 nitrogen and oxygen atoms in total. The molecule has 0 bridgehead atoms. The van der Waals surface area contributed by atoms with E-state index in [0.717, 1.165) is 0 Å². The third-order valence-electron chi connectivity index (χ3n) is 3.64. The molecule has 2 rings (SSSR count). The highest BCUT2D eigenvalue weighted by Gasteiger charge is 2.11. The first-order valence-electron chi connectivity index (χ1n) is 7.30. The number of benzene rings is 1. The molecule has 21 heavy (non-hydrogen) atoms. The van der Waals surface area contributed by atoms with Gasteiger partial charge in [0.2, 0.25) is 0 Å². The van der Waals surface area contributed by atoms with Crippen molar-refractivity contribution in [3.8, 4) is 0 Å². The van der Waals surface area contributed by atoms with Crippen LogP contribution in [0.5, 0.6) is 0 Å². The van der Waals surface area contributed by atoms with E-state index in [1.54, 1.807) is 17.0 Å². The summed E-state index contributed by atoms with van der Waals surface area (Å²) >= 11 is 0. The minimum Gasteiger partial charge on any atom is -0.297 e. The highest BCUT2D eigenvalue weighted by atomic mass is 16.2. The molecule has 0 aliphatic heterocycles. The fourth-order valence-electron chi connectivity index (χ4n) is 2.24. The molecule has 112 valence electrons. The molecule has 0 saturated carbocycles. The molecule has 1 heterocycles. The maximum absolute atomic E-state index is 12.3. The zero-order valence-electron chi connectivity index (χ0n) is 13.0. The van der Waals surface area contributed by atoms with Gasteiger partial charge in [-0.2, -0.15) is 0 Å². The normalized spacial score (nSPS) is 11.3. The quantitative estimate of drug-likeness (QED) is 0.792. The number of rotatable bonds is 5. The number of carbonyl (C=O) groups is 1. The monoisotopic (exact) mass is 286 g/mol. The molecule has 0 aliphatic carbocycles. The maximum atomic E-state index is 12.3. The molecule has 0 amide bonds. The topological polar surface area (TPSA) is 44.0 Å². The smallest absolute Gasteiger partial charge is 0.297 e. The Labute approximate surface area is 125 Å². The van der Waals surface area contributed by atoms with Gasteiger partial charge in [0, 0.05) is 24.0 Å². The van der Waals surface area contributed by atoms with Crippen LogP contribution in [0.2, 0.25) is 0 Å². The van der Waals surface area contributed by atoms with E-state index in [0.29, 0.717) is 11.5 Å². The molecule has 0 unspecified atom stereocenters. The number of hydrogen-bond acceptors (Lipinski definition) is 2. The minimum absolute atomic E-state index is 0.0473. The van der Waals surface area contributed by atoms with Crippen LogP contribution < -0.4 is 5.69 Å². The number of nitrogens with zero attached hydrogens (tertiary/aromatic N) is 2. The van der Waals surface area contributed by atoms with Gasteiger partial charge in [0.1, 0.15) is 0 Å². The highest BCUT2D eigenvalue weighted by molar-refractivity contribution is 5.95.